The molecule has 0 saturated carbocycles. The fourth-order valence-corrected chi connectivity index (χ4v) is 5.99. The molecule has 0 spiro atoms. The quantitative estimate of drug-likeness (QED) is 0.470. The van der Waals surface area contributed by atoms with Crippen LogP contribution in [-0.4, -0.2) is 57.4 Å². The van der Waals surface area contributed by atoms with Gasteiger partial charge in [-0.2, -0.15) is 4.31 Å². The molecule has 2 amide bonds. The summed E-state index contributed by atoms with van der Waals surface area (Å²) in [7, 11) is -3.55. The lowest BCUT2D eigenvalue weighted by molar-refractivity contribution is -0.121. The zero-order valence-electron chi connectivity index (χ0n) is 21.1. The van der Waals surface area contributed by atoms with E-state index in [1.54, 1.807) is 23.1 Å². The molecule has 9 nitrogen and oxygen atoms in total. The van der Waals surface area contributed by atoms with Crippen molar-refractivity contribution in [2.45, 2.75) is 24.7 Å². The molecule has 0 unspecified atom stereocenters. The average molecular weight is 536 g/mol. The minimum atomic E-state index is -3.55. The Morgan fingerprint density at radius 2 is 1.71 bits per heavy atom. The van der Waals surface area contributed by atoms with Gasteiger partial charge in [-0.3, -0.25) is 9.59 Å². The second-order valence-electron chi connectivity index (χ2n) is 9.27. The van der Waals surface area contributed by atoms with E-state index in [0.717, 1.165) is 24.2 Å². The third kappa shape index (κ3) is 5.51. The largest absolute Gasteiger partial charge is 0.492 e. The lowest BCUT2D eigenvalue weighted by atomic mass is 10.1. The minimum absolute atomic E-state index is 0.0735. The van der Waals surface area contributed by atoms with Crippen LogP contribution in [-0.2, 0) is 14.8 Å². The number of nitrogens with zero attached hydrogens (tertiary/aromatic N) is 2. The lowest BCUT2D eigenvalue weighted by Crippen LogP contribution is -2.41. The highest BCUT2D eigenvalue weighted by molar-refractivity contribution is 7.89. The van der Waals surface area contributed by atoms with Crippen molar-refractivity contribution < 1.29 is 27.5 Å². The van der Waals surface area contributed by atoms with Gasteiger partial charge in [0.1, 0.15) is 18.1 Å². The van der Waals surface area contributed by atoms with Crippen molar-refractivity contribution in [2.24, 2.45) is 0 Å². The molecule has 2 aliphatic rings. The molecule has 0 atom stereocenters. The SMILES string of the molecule is Cc1ccc(OCCN2C(=O)COc3ccc(NC(=O)c4ccc(S(=O)(=O)N5CCCC5)cc4)cc32)cc1. The summed E-state index contributed by atoms with van der Waals surface area (Å²) in [6.45, 7) is 3.56. The van der Waals surface area contributed by atoms with Gasteiger partial charge in [0.25, 0.3) is 11.8 Å². The van der Waals surface area contributed by atoms with E-state index >= 15 is 0 Å². The maximum atomic E-state index is 12.9. The molecule has 0 aliphatic carbocycles. The van der Waals surface area contributed by atoms with Crippen molar-refractivity contribution >= 4 is 33.2 Å². The monoisotopic (exact) mass is 535 g/mol. The third-order valence-electron chi connectivity index (χ3n) is 6.58. The average Bonchev–Trinajstić information content (AvgIpc) is 3.47. The van der Waals surface area contributed by atoms with Gasteiger partial charge >= 0.3 is 0 Å². The molecule has 5 rings (SSSR count). The Morgan fingerprint density at radius 1 is 1.00 bits per heavy atom. The van der Waals surface area contributed by atoms with Crippen LogP contribution in [0.15, 0.2) is 71.6 Å². The molecule has 10 heteroatoms. The number of carbonyl (C=O) groups is 2. The standard InChI is InChI=1S/C28H29N3O6S/c1-20-4-9-23(10-5-20)36-17-16-31-25-18-22(8-13-26(25)37-19-27(31)32)29-28(33)21-6-11-24(12-7-21)38(34,35)30-14-2-3-15-30/h4-13,18H,2-3,14-17,19H2,1H3,(H,29,33). The highest BCUT2D eigenvalue weighted by Crippen LogP contribution is 2.34. The van der Waals surface area contributed by atoms with Gasteiger partial charge < -0.3 is 19.7 Å². The second-order valence-corrected chi connectivity index (χ2v) is 11.2. The van der Waals surface area contributed by atoms with Crippen LogP contribution in [0, 0.1) is 6.92 Å². The summed E-state index contributed by atoms with van der Waals surface area (Å²) < 4.78 is 38.3. The summed E-state index contributed by atoms with van der Waals surface area (Å²) in [5.41, 5.74) is 2.47. The molecular weight excluding hydrogens is 506 g/mol. The molecule has 3 aromatic carbocycles. The third-order valence-corrected chi connectivity index (χ3v) is 8.50. The summed E-state index contributed by atoms with van der Waals surface area (Å²) in [5, 5.41) is 2.82. The number of aryl methyl sites for hydroxylation is 1. The molecule has 38 heavy (non-hydrogen) atoms. The number of amides is 2. The van der Waals surface area contributed by atoms with E-state index in [1.807, 2.05) is 31.2 Å². The Morgan fingerprint density at radius 3 is 2.42 bits per heavy atom. The van der Waals surface area contributed by atoms with E-state index in [-0.39, 0.29) is 24.0 Å². The van der Waals surface area contributed by atoms with Crippen LogP contribution in [0.4, 0.5) is 11.4 Å². The van der Waals surface area contributed by atoms with Gasteiger partial charge in [0.2, 0.25) is 10.0 Å². The first-order valence-corrected chi connectivity index (χ1v) is 13.9. The molecular formula is C28H29N3O6S. The predicted octanol–water partition coefficient (Wildman–Crippen LogP) is 3.84. The number of carbonyl (C=O) groups excluding carboxylic acids is 2. The topological polar surface area (TPSA) is 105 Å². The Balaban J connectivity index is 1.26. The van der Waals surface area contributed by atoms with Crippen molar-refractivity contribution in [1.29, 1.82) is 0 Å². The summed E-state index contributed by atoms with van der Waals surface area (Å²) in [6, 6.07) is 18.7. The molecule has 0 aromatic heterocycles. The Kier molecular flexibility index (Phi) is 7.35. The Hall–Kier alpha value is -3.89. The van der Waals surface area contributed by atoms with Gasteiger partial charge in [-0.1, -0.05) is 17.7 Å². The number of hydrogen-bond acceptors (Lipinski definition) is 6. The van der Waals surface area contributed by atoms with E-state index in [2.05, 4.69) is 5.32 Å². The molecule has 1 N–H and O–H groups in total. The molecule has 2 aliphatic heterocycles. The van der Waals surface area contributed by atoms with E-state index in [1.165, 1.54) is 28.6 Å². The first kappa shape index (κ1) is 25.7. The van der Waals surface area contributed by atoms with Gasteiger partial charge in [0.15, 0.2) is 6.61 Å². The van der Waals surface area contributed by atoms with Crippen molar-refractivity contribution in [3.8, 4) is 11.5 Å². The van der Waals surface area contributed by atoms with Gasteiger partial charge in [-0.15, -0.1) is 0 Å². The molecule has 2 heterocycles. The number of ether oxygens (including phenoxy) is 2. The molecule has 0 bridgehead atoms. The van der Waals surface area contributed by atoms with Crippen molar-refractivity contribution in [2.75, 3.05) is 43.1 Å². The normalized spacial score (nSPS) is 15.6. The molecule has 198 valence electrons. The summed E-state index contributed by atoms with van der Waals surface area (Å²) >= 11 is 0. The van der Waals surface area contributed by atoms with Gasteiger partial charge in [0.05, 0.1) is 17.1 Å². The molecule has 1 saturated heterocycles. The zero-order valence-corrected chi connectivity index (χ0v) is 21.9. The Bertz CT molecular complexity index is 1430. The molecule has 1 fully saturated rings. The van der Waals surface area contributed by atoms with E-state index in [0.29, 0.717) is 42.3 Å². The van der Waals surface area contributed by atoms with E-state index in [4.69, 9.17) is 9.47 Å². The summed E-state index contributed by atoms with van der Waals surface area (Å²) in [4.78, 5) is 27.3. The number of anilines is 2. The van der Waals surface area contributed by atoms with Crippen LogP contribution in [0.3, 0.4) is 0 Å². The number of fused-ring (bicyclic) bond motifs is 1. The summed E-state index contributed by atoms with van der Waals surface area (Å²) in [5.74, 6) is 0.655. The van der Waals surface area contributed by atoms with Crippen molar-refractivity contribution in [3.05, 3.63) is 77.9 Å². The van der Waals surface area contributed by atoms with Crippen LogP contribution in [0.25, 0.3) is 0 Å². The van der Waals surface area contributed by atoms with Gasteiger partial charge in [-0.05, 0) is 74.4 Å². The second kappa shape index (κ2) is 10.8. The van der Waals surface area contributed by atoms with Crippen molar-refractivity contribution in [3.63, 3.8) is 0 Å². The zero-order chi connectivity index (χ0) is 26.7. The van der Waals surface area contributed by atoms with Crippen LogP contribution in [0.1, 0.15) is 28.8 Å². The summed E-state index contributed by atoms with van der Waals surface area (Å²) in [6.07, 6.45) is 1.71. The lowest BCUT2D eigenvalue weighted by Gasteiger charge is -2.29. The van der Waals surface area contributed by atoms with E-state index in [9.17, 15) is 18.0 Å². The van der Waals surface area contributed by atoms with Crippen LogP contribution < -0.4 is 19.7 Å². The number of rotatable bonds is 8. The van der Waals surface area contributed by atoms with Gasteiger partial charge in [-0.25, -0.2) is 8.42 Å². The first-order valence-electron chi connectivity index (χ1n) is 12.5. The highest BCUT2D eigenvalue weighted by Gasteiger charge is 2.28. The van der Waals surface area contributed by atoms with Crippen LogP contribution in [0.5, 0.6) is 11.5 Å². The number of benzene rings is 3. The highest BCUT2D eigenvalue weighted by atomic mass is 32.2. The van der Waals surface area contributed by atoms with Crippen LogP contribution in [0.2, 0.25) is 0 Å². The number of nitrogens with one attached hydrogen (secondary N) is 1. The minimum Gasteiger partial charge on any atom is -0.492 e. The fraction of sp³-hybridized carbons (Fsp3) is 0.286. The van der Waals surface area contributed by atoms with E-state index < -0.39 is 15.9 Å². The number of hydrogen-bond donors (Lipinski definition) is 1. The fourth-order valence-electron chi connectivity index (χ4n) is 4.47. The van der Waals surface area contributed by atoms with Crippen molar-refractivity contribution in [1.82, 2.24) is 4.31 Å². The smallest absolute Gasteiger partial charge is 0.265 e. The van der Waals surface area contributed by atoms with Crippen LogP contribution >= 0.6 is 0 Å². The first-order chi connectivity index (χ1) is 18.3. The predicted molar refractivity (Wildman–Crippen MR) is 143 cm³/mol. The maximum absolute atomic E-state index is 12.9. The molecule has 3 aromatic rings. The molecule has 0 radical (unpaired) electrons. The van der Waals surface area contributed by atoms with Gasteiger partial charge in [0, 0.05) is 24.3 Å². The maximum Gasteiger partial charge on any atom is 0.265 e. The Labute approximate surface area is 222 Å². The number of sulfonamides is 1.